The second kappa shape index (κ2) is 3.97. The van der Waals surface area contributed by atoms with E-state index in [1.807, 2.05) is 0 Å². The molecule has 1 rings (SSSR count). The van der Waals surface area contributed by atoms with Gasteiger partial charge >= 0.3 is 5.97 Å². The predicted octanol–water partition coefficient (Wildman–Crippen LogP) is 1.18. The highest BCUT2D eigenvalue weighted by Gasteiger charge is 2.16. The summed E-state index contributed by atoms with van der Waals surface area (Å²) in [4.78, 5) is 17.0. The molecule has 0 bridgehead atoms. The molecule has 1 aromatic rings. The van der Waals surface area contributed by atoms with Gasteiger partial charge < -0.3 is 15.8 Å². The van der Waals surface area contributed by atoms with E-state index in [4.69, 9.17) is 22.4 Å². The lowest BCUT2D eigenvalue weighted by molar-refractivity contribution is -0.129. The van der Waals surface area contributed by atoms with Crippen molar-refractivity contribution in [3.05, 3.63) is 29.6 Å². The normalized spacial score (nSPS) is 11.4. The molecular weight excluding hydrogens is 206 g/mol. The van der Waals surface area contributed by atoms with E-state index in [1.54, 1.807) is 0 Å². The van der Waals surface area contributed by atoms with Crippen molar-refractivity contribution < 1.29 is 9.90 Å². The third kappa shape index (κ3) is 2.14. The number of rotatable bonds is 3. The number of nitrogens with one attached hydrogen (secondary N) is 1. The maximum Gasteiger partial charge on any atom is 0.355 e. The van der Waals surface area contributed by atoms with Crippen LogP contribution >= 0.6 is 11.6 Å². The quantitative estimate of drug-likeness (QED) is 0.520. The molecule has 5 nitrogen and oxygen atoms in total. The fourth-order valence-corrected chi connectivity index (χ4v) is 1.02. The van der Waals surface area contributed by atoms with Crippen LogP contribution in [0.3, 0.4) is 0 Å². The summed E-state index contributed by atoms with van der Waals surface area (Å²) in [6.07, 6.45) is 1.51. The number of halogens is 1. The molecule has 0 saturated carbocycles. The molecule has 0 spiro atoms. The van der Waals surface area contributed by atoms with Gasteiger partial charge in [-0.05, 0) is 6.07 Å². The Kier molecular flexibility index (Phi) is 2.93. The van der Waals surface area contributed by atoms with Crippen LogP contribution in [-0.4, -0.2) is 21.8 Å². The summed E-state index contributed by atoms with van der Waals surface area (Å²) < 4.78 is 0. The maximum absolute atomic E-state index is 10.8. The first kappa shape index (κ1) is 10.3. The first-order valence-electron chi connectivity index (χ1n) is 3.62. The van der Waals surface area contributed by atoms with Crippen LogP contribution in [0.1, 0.15) is 5.56 Å². The molecule has 14 heavy (non-hydrogen) atoms. The van der Waals surface area contributed by atoms with E-state index in [0.29, 0.717) is 5.56 Å². The molecule has 1 heterocycles. The highest BCUT2D eigenvalue weighted by Crippen LogP contribution is 2.12. The SMILES string of the molecule is C=C(Cl)/N=C(/C(=O)O)c1cc[nH]c1N. The van der Waals surface area contributed by atoms with Crippen molar-refractivity contribution in [2.75, 3.05) is 5.73 Å². The third-order valence-electron chi connectivity index (χ3n) is 1.47. The Morgan fingerprint density at radius 3 is 2.71 bits per heavy atom. The van der Waals surface area contributed by atoms with Crippen LogP contribution in [0.2, 0.25) is 0 Å². The number of H-pyrrole nitrogens is 1. The van der Waals surface area contributed by atoms with E-state index < -0.39 is 5.97 Å². The van der Waals surface area contributed by atoms with Gasteiger partial charge in [0.25, 0.3) is 0 Å². The molecule has 0 aromatic carbocycles. The molecule has 0 amide bonds. The minimum atomic E-state index is -1.21. The average molecular weight is 214 g/mol. The van der Waals surface area contributed by atoms with Gasteiger partial charge in [-0.2, -0.15) is 0 Å². The third-order valence-corrected chi connectivity index (χ3v) is 1.55. The van der Waals surface area contributed by atoms with Gasteiger partial charge in [0.15, 0.2) is 5.71 Å². The number of aromatic nitrogens is 1. The lowest BCUT2D eigenvalue weighted by Crippen LogP contribution is -2.15. The maximum atomic E-state index is 10.8. The summed E-state index contributed by atoms with van der Waals surface area (Å²) in [6.45, 7) is 3.28. The molecule has 1 aromatic heterocycles. The molecule has 0 atom stereocenters. The van der Waals surface area contributed by atoms with Crippen LogP contribution in [0.15, 0.2) is 29.0 Å². The summed E-state index contributed by atoms with van der Waals surface area (Å²) in [6, 6.07) is 1.50. The Hall–Kier alpha value is -1.75. The Morgan fingerprint density at radius 1 is 1.71 bits per heavy atom. The molecule has 0 saturated heterocycles. The van der Waals surface area contributed by atoms with Crippen LogP contribution < -0.4 is 5.73 Å². The molecule has 0 aliphatic rings. The number of nitrogen functional groups attached to an aromatic ring is 1. The molecule has 0 radical (unpaired) electrons. The molecule has 4 N–H and O–H groups in total. The monoisotopic (exact) mass is 213 g/mol. The van der Waals surface area contributed by atoms with Gasteiger partial charge in [-0.1, -0.05) is 18.2 Å². The van der Waals surface area contributed by atoms with Crippen LogP contribution in [0.5, 0.6) is 0 Å². The number of aliphatic imine (C=N–C) groups is 1. The first-order chi connectivity index (χ1) is 6.52. The zero-order chi connectivity index (χ0) is 10.7. The molecule has 0 unspecified atom stereocenters. The number of hydrogen-bond acceptors (Lipinski definition) is 3. The van der Waals surface area contributed by atoms with Crippen molar-refractivity contribution in [1.82, 2.24) is 4.98 Å². The van der Waals surface area contributed by atoms with E-state index in [-0.39, 0.29) is 16.7 Å². The van der Waals surface area contributed by atoms with Gasteiger partial charge in [0.2, 0.25) is 0 Å². The zero-order valence-electron chi connectivity index (χ0n) is 7.12. The topological polar surface area (TPSA) is 91.5 Å². The Morgan fingerprint density at radius 2 is 2.36 bits per heavy atom. The highest BCUT2D eigenvalue weighted by molar-refractivity contribution is 6.45. The Balaban J connectivity index is 3.20. The van der Waals surface area contributed by atoms with E-state index >= 15 is 0 Å². The number of aliphatic carboxylic acids is 1. The predicted molar refractivity (Wildman–Crippen MR) is 54.4 cm³/mol. The van der Waals surface area contributed by atoms with Crippen molar-refractivity contribution in [2.45, 2.75) is 0 Å². The molecule has 0 fully saturated rings. The van der Waals surface area contributed by atoms with Gasteiger partial charge in [-0.15, -0.1) is 0 Å². The summed E-state index contributed by atoms with van der Waals surface area (Å²) in [7, 11) is 0. The van der Waals surface area contributed by atoms with Crippen LogP contribution in [0.4, 0.5) is 5.82 Å². The number of anilines is 1. The summed E-state index contributed by atoms with van der Waals surface area (Å²) >= 11 is 5.39. The van der Waals surface area contributed by atoms with Crippen LogP contribution in [-0.2, 0) is 4.79 Å². The van der Waals surface area contributed by atoms with Gasteiger partial charge in [0, 0.05) is 11.8 Å². The standard InChI is InChI=1S/C8H8ClN3O2/c1-4(9)12-6(8(13)14)5-2-3-11-7(5)10/h2-3,11H,1,10H2,(H,13,14)/b12-6+. The highest BCUT2D eigenvalue weighted by atomic mass is 35.5. The van der Waals surface area contributed by atoms with Crippen molar-refractivity contribution in [2.24, 2.45) is 4.99 Å². The second-order valence-electron chi connectivity index (χ2n) is 2.45. The number of carboxylic acids is 1. The average Bonchev–Trinajstić information content (AvgIpc) is 2.46. The minimum absolute atomic E-state index is 0.108. The van der Waals surface area contributed by atoms with E-state index in [1.165, 1.54) is 12.3 Å². The van der Waals surface area contributed by atoms with E-state index in [9.17, 15) is 4.79 Å². The number of aromatic amines is 1. The summed E-state index contributed by atoms with van der Waals surface area (Å²) in [5, 5.41) is 8.71. The van der Waals surface area contributed by atoms with Crippen LogP contribution in [0, 0.1) is 0 Å². The number of nitrogens with zero attached hydrogens (tertiary/aromatic N) is 1. The number of carboxylic acid groups (broad SMARTS) is 1. The molecular formula is C8H8ClN3O2. The number of carbonyl (C=O) groups is 1. The Labute approximate surface area is 84.9 Å². The Bertz CT molecular complexity index is 408. The molecule has 0 aliphatic carbocycles. The fourth-order valence-electron chi connectivity index (χ4n) is 0.933. The van der Waals surface area contributed by atoms with Crippen molar-refractivity contribution in [3.63, 3.8) is 0 Å². The van der Waals surface area contributed by atoms with Gasteiger partial charge in [0.05, 0.1) is 0 Å². The second-order valence-corrected chi connectivity index (χ2v) is 2.88. The number of hydrogen-bond donors (Lipinski definition) is 3. The van der Waals surface area contributed by atoms with Crippen LogP contribution in [0.25, 0.3) is 0 Å². The fraction of sp³-hybridized carbons (Fsp3) is 0. The smallest absolute Gasteiger partial charge is 0.355 e. The molecule has 6 heteroatoms. The largest absolute Gasteiger partial charge is 0.476 e. The lowest BCUT2D eigenvalue weighted by Gasteiger charge is -1.99. The zero-order valence-corrected chi connectivity index (χ0v) is 7.88. The minimum Gasteiger partial charge on any atom is -0.476 e. The first-order valence-corrected chi connectivity index (χ1v) is 3.99. The number of nitrogens with two attached hydrogens (primary N) is 1. The summed E-state index contributed by atoms with van der Waals surface area (Å²) in [5.41, 5.74) is 5.54. The van der Waals surface area contributed by atoms with Crippen molar-refractivity contribution in [1.29, 1.82) is 0 Å². The van der Waals surface area contributed by atoms with E-state index in [2.05, 4.69) is 16.6 Å². The van der Waals surface area contributed by atoms with Gasteiger partial charge in [-0.25, -0.2) is 9.79 Å². The molecule has 0 aliphatic heterocycles. The molecule has 74 valence electrons. The van der Waals surface area contributed by atoms with Gasteiger partial charge in [-0.3, -0.25) is 0 Å². The van der Waals surface area contributed by atoms with Crippen molar-refractivity contribution >= 4 is 29.1 Å². The van der Waals surface area contributed by atoms with E-state index in [0.717, 1.165) is 0 Å². The van der Waals surface area contributed by atoms with Crippen molar-refractivity contribution in [3.8, 4) is 0 Å². The lowest BCUT2D eigenvalue weighted by atomic mass is 10.2. The van der Waals surface area contributed by atoms with Gasteiger partial charge in [0.1, 0.15) is 11.0 Å². The summed E-state index contributed by atoms with van der Waals surface area (Å²) in [5.74, 6) is -0.984.